The van der Waals surface area contributed by atoms with Crippen LogP contribution in [0.3, 0.4) is 0 Å². The van der Waals surface area contributed by atoms with Crippen LogP contribution in [-0.4, -0.2) is 40.7 Å². The van der Waals surface area contributed by atoms with Gasteiger partial charge in [0.25, 0.3) is 5.91 Å². The van der Waals surface area contributed by atoms with Crippen LogP contribution in [0.5, 0.6) is 0 Å². The molecule has 8 heteroatoms. The molecule has 7 nitrogen and oxygen atoms in total. The van der Waals surface area contributed by atoms with Gasteiger partial charge in [0.15, 0.2) is 0 Å². The Morgan fingerprint density at radius 3 is 2.50 bits per heavy atom. The van der Waals surface area contributed by atoms with Gasteiger partial charge >= 0.3 is 5.97 Å². The highest BCUT2D eigenvalue weighted by atomic mass is 35.5. The highest BCUT2D eigenvalue weighted by molar-refractivity contribution is 6.33. The number of rotatable bonds is 6. The topological polar surface area (TPSA) is 77.6 Å². The molecule has 0 aliphatic heterocycles. The minimum Gasteiger partial charge on any atom is -0.465 e. The lowest BCUT2D eigenvalue weighted by Gasteiger charge is -2.15. The summed E-state index contributed by atoms with van der Waals surface area (Å²) in [6.45, 7) is 6.10. The van der Waals surface area contributed by atoms with Crippen LogP contribution in [0.15, 0.2) is 34.7 Å². The Kier molecular flexibility index (Phi) is 6.31. The first kappa shape index (κ1) is 21.6. The van der Waals surface area contributed by atoms with Crippen LogP contribution in [0.2, 0.25) is 5.15 Å². The zero-order valence-electron chi connectivity index (χ0n) is 17.7. The summed E-state index contributed by atoms with van der Waals surface area (Å²) in [6.07, 6.45) is 0. The first-order valence-corrected chi connectivity index (χ1v) is 9.80. The third-order valence-electron chi connectivity index (χ3n) is 4.85. The molecule has 30 heavy (non-hydrogen) atoms. The Labute approximate surface area is 180 Å². The van der Waals surface area contributed by atoms with E-state index in [4.69, 9.17) is 20.8 Å². The van der Waals surface area contributed by atoms with Crippen LogP contribution in [0.4, 0.5) is 0 Å². The fourth-order valence-electron chi connectivity index (χ4n) is 3.20. The summed E-state index contributed by atoms with van der Waals surface area (Å²) in [7, 11) is 2.95. The van der Waals surface area contributed by atoms with Gasteiger partial charge < -0.3 is 14.1 Å². The van der Waals surface area contributed by atoms with Crippen LogP contribution in [0, 0.1) is 20.8 Å². The van der Waals surface area contributed by atoms with Crippen LogP contribution < -0.4 is 0 Å². The third kappa shape index (κ3) is 4.41. The number of halogens is 1. The summed E-state index contributed by atoms with van der Waals surface area (Å²) < 4.78 is 12.0. The smallest absolute Gasteiger partial charge is 0.341 e. The van der Waals surface area contributed by atoms with E-state index >= 15 is 0 Å². The number of carbonyl (C=O) groups is 2. The molecule has 0 bridgehead atoms. The van der Waals surface area contributed by atoms with E-state index < -0.39 is 5.97 Å². The number of esters is 1. The lowest BCUT2D eigenvalue weighted by molar-refractivity contribution is 0.0598. The van der Waals surface area contributed by atoms with Crippen molar-refractivity contribution in [1.29, 1.82) is 0 Å². The molecule has 0 saturated heterocycles. The number of ether oxygens (including phenoxy) is 1. The van der Waals surface area contributed by atoms with Crippen molar-refractivity contribution in [2.75, 3.05) is 14.2 Å². The maximum Gasteiger partial charge on any atom is 0.341 e. The molecule has 0 N–H and O–H groups in total. The lowest BCUT2D eigenvalue weighted by Crippen LogP contribution is -2.26. The van der Waals surface area contributed by atoms with Gasteiger partial charge in [-0.25, -0.2) is 9.48 Å². The van der Waals surface area contributed by atoms with E-state index in [9.17, 15) is 9.59 Å². The second-order valence-electron chi connectivity index (χ2n) is 7.23. The number of hydrogen-bond acceptors (Lipinski definition) is 5. The monoisotopic (exact) mass is 429 g/mol. The van der Waals surface area contributed by atoms with Gasteiger partial charge in [-0.1, -0.05) is 41.4 Å². The summed E-state index contributed by atoms with van der Waals surface area (Å²) in [4.78, 5) is 26.3. The summed E-state index contributed by atoms with van der Waals surface area (Å²) >= 11 is 6.51. The minimum absolute atomic E-state index is 0.176. The van der Waals surface area contributed by atoms with Crippen molar-refractivity contribution < 1.29 is 18.7 Å². The Bertz CT molecular complexity index is 1080. The molecule has 0 saturated carbocycles. The SMILES string of the molecule is COC(=O)c1cc(CN(C)C(=O)c2c(C)nn(Cc3ccc(C)cc3)c2Cl)oc1C. The van der Waals surface area contributed by atoms with Gasteiger partial charge in [-0.3, -0.25) is 4.79 Å². The van der Waals surface area contributed by atoms with E-state index in [0.717, 1.165) is 5.56 Å². The molecule has 3 rings (SSSR count). The van der Waals surface area contributed by atoms with Crippen LogP contribution in [0.1, 0.15) is 49.1 Å². The van der Waals surface area contributed by atoms with Crippen molar-refractivity contribution in [1.82, 2.24) is 14.7 Å². The van der Waals surface area contributed by atoms with Gasteiger partial charge in [-0.2, -0.15) is 5.10 Å². The predicted molar refractivity (Wildman–Crippen MR) is 113 cm³/mol. The van der Waals surface area contributed by atoms with Crippen molar-refractivity contribution in [3.8, 4) is 0 Å². The predicted octanol–water partition coefficient (Wildman–Crippen LogP) is 4.16. The largest absolute Gasteiger partial charge is 0.465 e. The van der Waals surface area contributed by atoms with Crippen molar-refractivity contribution in [2.24, 2.45) is 0 Å². The first-order valence-electron chi connectivity index (χ1n) is 9.42. The van der Waals surface area contributed by atoms with E-state index in [1.54, 1.807) is 31.6 Å². The van der Waals surface area contributed by atoms with E-state index in [0.29, 0.717) is 34.9 Å². The summed E-state index contributed by atoms with van der Waals surface area (Å²) in [6, 6.07) is 9.64. The molecule has 0 aliphatic carbocycles. The molecule has 1 amide bonds. The molecular formula is C22H24ClN3O4. The zero-order chi connectivity index (χ0) is 22.0. The average Bonchev–Trinajstić information content (AvgIpc) is 3.21. The number of methoxy groups -OCH3 is 1. The number of amides is 1. The molecule has 0 aliphatic rings. The van der Waals surface area contributed by atoms with Crippen molar-refractivity contribution in [3.05, 3.63) is 75.0 Å². The maximum absolute atomic E-state index is 13.0. The Hall–Kier alpha value is -3.06. The molecule has 2 aromatic heterocycles. The fourth-order valence-corrected chi connectivity index (χ4v) is 3.51. The zero-order valence-corrected chi connectivity index (χ0v) is 18.4. The van der Waals surface area contributed by atoms with Crippen LogP contribution >= 0.6 is 11.6 Å². The highest BCUT2D eigenvalue weighted by Gasteiger charge is 2.25. The second-order valence-corrected chi connectivity index (χ2v) is 7.59. The molecule has 0 fully saturated rings. The van der Waals surface area contributed by atoms with E-state index in [2.05, 4.69) is 5.10 Å². The normalized spacial score (nSPS) is 10.9. The highest BCUT2D eigenvalue weighted by Crippen LogP contribution is 2.24. The summed E-state index contributed by atoms with van der Waals surface area (Å²) in [5.74, 6) is 0.163. The van der Waals surface area contributed by atoms with Crippen molar-refractivity contribution in [3.63, 3.8) is 0 Å². The van der Waals surface area contributed by atoms with Gasteiger partial charge in [0.1, 0.15) is 22.2 Å². The molecule has 2 heterocycles. The molecule has 0 unspecified atom stereocenters. The van der Waals surface area contributed by atoms with Gasteiger partial charge in [-0.05, 0) is 32.4 Å². The number of benzene rings is 1. The minimum atomic E-state index is -0.479. The Morgan fingerprint density at radius 2 is 1.87 bits per heavy atom. The maximum atomic E-state index is 13.0. The van der Waals surface area contributed by atoms with Crippen LogP contribution in [-0.2, 0) is 17.8 Å². The Balaban J connectivity index is 1.78. The fraction of sp³-hybridized carbons (Fsp3) is 0.318. The standard InChI is InChI=1S/C22H24ClN3O4/c1-13-6-8-16(9-7-13)11-26-20(23)19(14(2)24-26)21(27)25(4)12-17-10-18(15(3)30-17)22(28)29-5/h6-10H,11-12H2,1-5H3. The molecule has 3 aromatic rings. The van der Waals surface area contributed by atoms with E-state index in [1.165, 1.54) is 17.6 Å². The lowest BCUT2D eigenvalue weighted by atomic mass is 10.1. The van der Waals surface area contributed by atoms with E-state index in [-0.39, 0.29) is 17.6 Å². The molecule has 158 valence electrons. The first-order chi connectivity index (χ1) is 14.2. The van der Waals surface area contributed by atoms with E-state index in [1.807, 2.05) is 31.2 Å². The quantitative estimate of drug-likeness (QED) is 0.550. The second kappa shape index (κ2) is 8.75. The number of carbonyl (C=O) groups excluding carboxylic acids is 2. The van der Waals surface area contributed by atoms with Crippen molar-refractivity contribution >= 4 is 23.5 Å². The van der Waals surface area contributed by atoms with Gasteiger partial charge in [0, 0.05) is 7.05 Å². The number of aromatic nitrogens is 2. The number of furan rings is 1. The summed E-state index contributed by atoms with van der Waals surface area (Å²) in [5, 5.41) is 4.73. The number of hydrogen-bond donors (Lipinski definition) is 0. The van der Waals surface area contributed by atoms with Gasteiger partial charge in [0.2, 0.25) is 0 Å². The van der Waals surface area contributed by atoms with Crippen LogP contribution in [0.25, 0.3) is 0 Å². The molecule has 1 aromatic carbocycles. The van der Waals surface area contributed by atoms with Crippen molar-refractivity contribution in [2.45, 2.75) is 33.9 Å². The molecular weight excluding hydrogens is 406 g/mol. The number of nitrogens with zero attached hydrogens (tertiary/aromatic N) is 3. The number of aryl methyl sites for hydroxylation is 3. The van der Waals surface area contributed by atoms with Gasteiger partial charge in [-0.15, -0.1) is 0 Å². The van der Waals surface area contributed by atoms with Gasteiger partial charge in [0.05, 0.1) is 31.5 Å². The Morgan fingerprint density at radius 1 is 1.20 bits per heavy atom. The third-order valence-corrected chi connectivity index (χ3v) is 5.23. The molecule has 0 spiro atoms. The average molecular weight is 430 g/mol. The summed E-state index contributed by atoms with van der Waals surface area (Å²) in [5.41, 5.74) is 3.45. The molecule has 0 radical (unpaired) electrons. The molecule has 0 atom stereocenters.